The summed E-state index contributed by atoms with van der Waals surface area (Å²) in [7, 11) is 1.55. The van der Waals surface area contributed by atoms with Crippen LogP contribution in [-0.4, -0.2) is 43.3 Å². The molecule has 0 aliphatic rings. The van der Waals surface area contributed by atoms with Crippen molar-refractivity contribution in [3.63, 3.8) is 0 Å². The van der Waals surface area contributed by atoms with Crippen LogP contribution in [0.1, 0.15) is 65.7 Å². The molecule has 5 heteroatoms. The van der Waals surface area contributed by atoms with E-state index in [0.717, 1.165) is 19.3 Å². The molecule has 1 unspecified atom stereocenters. The van der Waals surface area contributed by atoms with Crippen molar-refractivity contribution in [3.05, 3.63) is 0 Å². The molecule has 0 aromatic heterocycles. The lowest BCUT2D eigenvalue weighted by Gasteiger charge is -2.22. The van der Waals surface area contributed by atoms with Gasteiger partial charge in [0.1, 0.15) is 6.04 Å². The smallest absolute Gasteiger partial charge is 0.410 e. The van der Waals surface area contributed by atoms with Gasteiger partial charge in [0.05, 0.1) is 13.2 Å². The number of carbonyl (C=O) groups excluding carboxylic acids is 2. The zero-order valence-corrected chi connectivity index (χ0v) is 14.0. The number of esters is 1. The molecule has 0 aliphatic carbocycles. The van der Waals surface area contributed by atoms with Gasteiger partial charge in [-0.05, 0) is 19.8 Å². The summed E-state index contributed by atoms with van der Waals surface area (Å²) in [6.07, 6.45) is 7.16. The van der Waals surface area contributed by atoms with Gasteiger partial charge in [-0.1, -0.05) is 46.0 Å². The van der Waals surface area contributed by atoms with Gasteiger partial charge in [-0.2, -0.15) is 0 Å². The first kappa shape index (κ1) is 19.7. The quantitative estimate of drug-likeness (QED) is 0.431. The van der Waals surface area contributed by atoms with Crippen LogP contribution < -0.4 is 0 Å². The molecule has 1 amide bonds. The molecular weight excluding hydrogens is 270 g/mol. The number of rotatable bonds is 11. The lowest BCUT2D eigenvalue weighted by molar-refractivity contribution is -0.148. The van der Waals surface area contributed by atoms with Crippen molar-refractivity contribution in [2.75, 3.05) is 20.3 Å². The molecule has 124 valence electrons. The summed E-state index contributed by atoms with van der Waals surface area (Å²) in [5.41, 5.74) is 0. The molecule has 0 saturated carbocycles. The second-order valence-corrected chi connectivity index (χ2v) is 5.34. The zero-order valence-electron chi connectivity index (χ0n) is 14.0. The standard InChI is InChI=1S/C16H31NO4/c1-5-7-8-9-10-11-13-20-15(18)14(3)17(4)16(19)21-12-6-2/h14H,5-13H2,1-4H3. The van der Waals surface area contributed by atoms with Gasteiger partial charge in [-0.25, -0.2) is 9.59 Å². The third kappa shape index (κ3) is 9.32. The molecule has 0 N–H and O–H groups in total. The normalized spacial score (nSPS) is 11.8. The summed E-state index contributed by atoms with van der Waals surface area (Å²) >= 11 is 0. The average molecular weight is 301 g/mol. The Hall–Kier alpha value is -1.26. The fourth-order valence-corrected chi connectivity index (χ4v) is 1.78. The van der Waals surface area contributed by atoms with Crippen molar-refractivity contribution < 1.29 is 19.1 Å². The molecule has 0 radical (unpaired) electrons. The number of amides is 1. The van der Waals surface area contributed by atoms with E-state index < -0.39 is 12.1 Å². The van der Waals surface area contributed by atoms with E-state index >= 15 is 0 Å². The maximum Gasteiger partial charge on any atom is 0.410 e. The maximum atomic E-state index is 11.8. The third-order valence-electron chi connectivity index (χ3n) is 3.38. The minimum Gasteiger partial charge on any atom is -0.464 e. The lowest BCUT2D eigenvalue weighted by atomic mass is 10.1. The topological polar surface area (TPSA) is 55.8 Å². The highest BCUT2D eigenvalue weighted by atomic mass is 16.6. The minimum absolute atomic E-state index is 0.364. The van der Waals surface area contributed by atoms with Crippen molar-refractivity contribution >= 4 is 12.1 Å². The highest BCUT2D eigenvalue weighted by Gasteiger charge is 2.24. The van der Waals surface area contributed by atoms with Crippen molar-refractivity contribution in [2.24, 2.45) is 0 Å². The Morgan fingerprint density at radius 1 is 0.905 bits per heavy atom. The summed E-state index contributed by atoms with van der Waals surface area (Å²) in [6.45, 7) is 6.54. The third-order valence-corrected chi connectivity index (χ3v) is 3.38. The predicted octanol–water partition coefficient (Wildman–Crippen LogP) is 3.76. The van der Waals surface area contributed by atoms with Gasteiger partial charge in [0.2, 0.25) is 0 Å². The molecule has 1 atom stereocenters. The SMILES string of the molecule is CCCCCCCCOC(=O)C(C)N(C)C(=O)OCCC. The van der Waals surface area contributed by atoms with Gasteiger partial charge < -0.3 is 9.47 Å². The first-order valence-electron chi connectivity index (χ1n) is 8.10. The second-order valence-electron chi connectivity index (χ2n) is 5.34. The largest absolute Gasteiger partial charge is 0.464 e. The van der Waals surface area contributed by atoms with E-state index in [0.29, 0.717) is 13.2 Å². The maximum absolute atomic E-state index is 11.8. The molecule has 0 heterocycles. The van der Waals surface area contributed by atoms with E-state index in [1.54, 1.807) is 14.0 Å². The van der Waals surface area contributed by atoms with E-state index in [1.807, 2.05) is 6.92 Å². The van der Waals surface area contributed by atoms with E-state index in [2.05, 4.69) is 6.92 Å². The number of hydrogen-bond acceptors (Lipinski definition) is 4. The first-order chi connectivity index (χ1) is 10.0. The Labute approximate surface area is 129 Å². The number of nitrogens with zero attached hydrogens (tertiary/aromatic N) is 1. The van der Waals surface area contributed by atoms with Gasteiger partial charge in [-0.15, -0.1) is 0 Å². The Balaban J connectivity index is 3.80. The Morgan fingerprint density at radius 2 is 1.52 bits per heavy atom. The zero-order chi connectivity index (χ0) is 16.1. The van der Waals surface area contributed by atoms with E-state index in [1.165, 1.54) is 30.6 Å². The van der Waals surface area contributed by atoms with Crippen LogP contribution in [0.15, 0.2) is 0 Å². The van der Waals surface area contributed by atoms with E-state index in [-0.39, 0.29) is 5.97 Å². The van der Waals surface area contributed by atoms with E-state index in [4.69, 9.17) is 9.47 Å². The van der Waals surface area contributed by atoms with Crippen LogP contribution in [0.5, 0.6) is 0 Å². The second kappa shape index (κ2) is 12.5. The minimum atomic E-state index is -0.616. The van der Waals surface area contributed by atoms with Gasteiger partial charge >= 0.3 is 12.1 Å². The van der Waals surface area contributed by atoms with Crippen molar-refractivity contribution in [1.82, 2.24) is 4.90 Å². The molecule has 0 aromatic carbocycles. The molecule has 0 aliphatic heterocycles. The Kier molecular flexibility index (Phi) is 11.7. The van der Waals surface area contributed by atoms with Crippen LogP contribution in [0.2, 0.25) is 0 Å². The molecule has 0 spiro atoms. The molecule has 0 bridgehead atoms. The summed E-state index contributed by atoms with van der Waals surface area (Å²) in [6, 6.07) is -0.616. The molecule has 0 fully saturated rings. The van der Waals surface area contributed by atoms with E-state index in [9.17, 15) is 9.59 Å². The number of likely N-dealkylation sites (N-methyl/N-ethyl adjacent to an activating group) is 1. The lowest BCUT2D eigenvalue weighted by Crippen LogP contribution is -2.41. The van der Waals surface area contributed by atoms with Crippen molar-refractivity contribution in [3.8, 4) is 0 Å². The van der Waals surface area contributed by atoms with Crippen LogP contribution in [0, 0.1) is 0 Å². The Bertz CT molecular complexity index is 294. The molecule has 0 saturated heterocycles. The number of unbranched alkanes of at least 4 members (excludes halogenated alkanes) is 5. The predicted molar refractivity (Wildman–Crippen MR) is 83.2 cm³/mol. The fourth-order valence-electron chi connectivity index (χ4n) is 1.78. The number of carbonyl (C=O) groups is 2. The molecule has 5 nitrogen and oxygen atoms in total. The van der Waals surface area contributed by atoms with Crippen molar-refractivity contribution in [1.29, 1.82) is 0 Å². The summed E-state index contributed by atoms with van der Waals surface area (Å²) < 4.78 is 10.2. The van der Waals surface area contributed by atoms with Gasteiger partial charge in [0.25, 0.3) is 0 Å². The number of ether oxygens (including phenoxy) is 2. The van der Waals surface area contributed by atoms with Crippen LogP contribution in [-0.2, 0) is 14.3 Å². The van der Waals surface area contributed by atoms with Gasteiger partial charge in [0.15, 0.2) is 0 Å². The molecule has 21 heavy (non-hydrogen) atoms. The summed E-state index contributed by atoms with van der Waals surface area (Å²) in [4.78, 5) is 24.7. The van der Waals surface area contributed by atoms with Gasteiger partial charge in [0, 0.05) is 7.05 Å². The Morgan fingerprint density at radius 3 is 2.14 bits per heavy atom. The molecular formula is C16H31NO4. The fraction of sp³-hybridized carbons (Fsp3) is 0.875. The monoisotopic (exact) mass is 301 g/mol. The van der Waals surface area contributed by atoms with Gasteiger partial charge in [-0.3, -0.25) is 4.90 Å². The van der Waals surface area contributed by atoms with Crippen LogP contribution in [0.4, 0.5) is 4.79 Å². The van der Waals surface area contributed by atoms with Crippen LogP contribution in [0.25, 0.3) is 0 Å². The number of hydrogen-bond donors (Lipinski definition) is 0. The molecule has 0 aromatic rings. The van der Waals surface area contributed by atoms with Crippen LogP contribution in [0.3, 0.4) is 0 Å². The summed E-state index contributed by atoms with van der Waals surface area (Å²) in [5.74, 6) is -0.375. The molecule has 0 rings (SSSR count). The first-order valence-corrected chi connectivity index (χ1v) is 8.10. The highest BCUT2D eigenvalue weighted by Crippen LogP contribution is 2.06. The summed E-state index contributed by atoms with van der Waals surface area (Å²) in [5, 5.41) is 0. The average Bonchev–Trinajstić information content (AvgIpc) is 2.49. The van der Waals surface area contributed by atoms with Crippen molar-refractivity contribution in [2.45, 2.75) is 71.8 Å². The highest BCUT2D eigenvalue weighted by molar-refractivity contribution is 5.80. The van der Waals surface area contributed by atoms with Crippen LogP contribution >= 0.6 is 0 Å².